The van der Waals surface area contributed by atoms with Crippen molar-refractivity contribution in [1.82, 2.24) is 5.32 Å². The van der Waals surface area contributed by atoms with Crippen molar-refractivity contribution in [3.8, 4) is 6.07 Å². The van der Waals surface area contributed by atoms with Crippen LogP contribution in [0.5, 0.6) is 0 Å². The number of benzene rings is 1. The lowest BCUT2D eigenvalue weighted by Gasteiger charge is -2.07. The van der Waals surface area contributed by atoms with Gasteiger partial charge in [-0.3, -0.25) is 9.59 Å². The fourth-order valence-corrected chi connectivity index (χ4v) is 1.83. The zero-order valence-electron chi connectivity index (χ0n) is 11.7. The molecule has 1 rings (SSSR count). The van der Waals surface area contributed by atoms with Gasteiger partial charge in [0.2, 0.25) is 0 Å². The fourth-order valence-electron chi connectivity index (χ4n) is 1.38. The lowest BCUT2D eigenvalue weighted by molar-refractivity contribution is -0.141. The van der Waals surface area contributed by atoms with Crippen LogP contribution in [0, 0.1) is 11.3 Å². The van der Waals surface area contributed by atoms with Gasteiger partial charge < -0.3 is 15.4 Å². The number of nitrogens with one attached hydrogen (secondary N) is 2. The van der Waals surface area contributed by atoms with E-state index in [9.17, 15) is 9.59 Å². The van der Waals surface area contributed by atoms with Crippen molar-refractivity contribution >= 4 is 40.8 Å². The molecule has 0 aliphatic heterocycles. The minimum Gasteiger partial charge on any atom is -0.465 e. The third-order valence-corrected chi connectivity index (χ3v) is 2.89. The molecule has 0 fully saturated rings. The Morgan fingerprint density at radius 3 is 2.73 bits per heavy atom. The summed E-state index contributed by atoms with van der Waals surface area (Å²) >= 11 is 11.7. The van der Waals surface area contributed by atoms with Gasteiger partial charge in [-0.25, -0.2) is 0 Å². The number of carbonyl (C=O) groups excluding carboxylic acids is 2. The molecule has 22 heavy (non-hydrogen) atoms. The highest BCUT2D eigenvalue weighted by Gasteiger charge is 2.11. The Bertz CT molecular complexity index is 639. The number of ether oxygens (including phenoxy) is 1. The summed E-state index contributed by atoms with van der Waals surface area (Å²) < 4.78 is 4.70. The number of nitriles is 1. The van der Waals surface area contributed by atoms with Crippen LogP contribution in [-0.4, -0.2) is 25.0 Å². The first kappa shape index (κ1) is 17.8. The predicted molar refractivity (Wildman–Crippen MR) is 83.4 cm³/mol. The third-order valence-electron chi connectivity index (χ3n) is 2.34. The molecule has 0 bridgehead atoms. The molecular weight excluding hydrogens is 329 g/mol. The van der Waals surface area contributed by atoms with E-state index in [2.05, 4.69) is 10.6 Å². The number of nitrogens with zero attached hydrogens (tertiary/aromatic N) is 1. The molecule has 0 aliphatic carbocycles. The number of amides is 1. The van der Waals surface area contributed by atoms with Gasteiger partial charge in [-0.1, -0.05) is 23.2 Å². The molecule has 0 atom stereocenters. The molecule has 0 aliphatic rings. The highest BCUT2D eigenvalue weighted by atomic mass is 35.5. The van der Waals surface area contributed by atoms with Crippen molar-refractivity contribution in [3.05, 3.63) is 40.0 Å². The van der Waals surface area contributed by atoms with E-state index in [4.69, 9.17) is 33.2 Å². The average Bonchev–Trinajstić information content (AvgIpc) is 2.46. The SMILES string of the molecule is CCOC(=O)CN/C=C(/C#N)C(=O)Nc1ccc(Cl)cc1Cl. The van der Waals surface area contributed by atoms with Gasteiger partial charge in [-0.05, 0) is 25.1 Å². The second-order valence-electron chi connectivity index (χ2n) is 3.93. The summed E-state index contributed by atoms with van der Waals surface area (Å²) in [6.45, 7) is 1.79. The Labute approximate surface area is 137 Å². The summed E-state index contributed by atoms with van der Waals surface area (Å²) in [5.41, 5.74) is 0.109. The van der Waals surface area contributed by atoms with Gasteiger partial charge >= 0.3 is 5.97 Å². The minimum absolute atomic E-state index is 0.145. The second kappa shape index (κ2) is 8.93. The number of hydrogen-bond acceptors (Lipinski definition) is 5. The summed E-state index contributed by atoms with van der Waals surface area (Å²) in [5, 5.41) is 14.7. The molecule has 1 amide bonds. The van der Waals surface area contributed by atoms with Gasteiger partial charge in [0.05, 0.1) is 17.3 Å². The van der Waals surface area contributed by atoms with E-state index in [1.54, 1.807) is 19.1 Å². The lowest BCUT2D eigenvalue weighted by atomic mass is 10.2. The van der Waals surface area contributed by atoms with E-state index >= 15 is 0 Å². The van der Waals surface area contributed by atoms with Crippen molar-refractivity contribution in [3.63, 3.8) is 0 Å². The van der Waals surface area contributed by atoms with Crippen LogP contribution >= 0.6 is 23.2 Å². The van der Waals surface area contributed by atoms with Crippen LogP contribution in [0.4, 0.5) is 5.69 Å². The summed E-state index contributed by atoms with van der Waals surface area (Å²) in [6, 6.07) is 6.26. The van der Waals surface area contributed by atoms with Crippen molar-refractivity contribution in [1.29, 1.82) is 5.26 Å². The van der Waals surface area contributed by atoms with E-state index in [-0.39, 0.29) is 23.7 Å². The molecule has 6 nitrogen and oxygen atoms in total. The molecule has 0 saturated heterocycles. The monoisotopic (exact) mass is 341 g/mol. The number of halogens is 2. The molecule has 116 valence electrons. The number of esters is 1. The predicted octanol–water partition coefficient (Wildman–Crippen LogP) is 2.49. The molecular formula is C14H13Cl2N3O3. The molecule has 8 heteroatoms. The standard InChI is InChI=1S/C14H13Cl2N3O3/c1-2-22-13(20)8-18-7-9(6-17)14(21)19-12-4-3-10(15)5-11(12)16/h3-5,7,18H,2,8H2,1H3,(H,19,21)/b9-7-. The quantitative estimate of drug-likeness (QED) is 0.471. The van der Waals surface area contributed by atoms with Crippen molar-refractivity contribution in [2.45, 2.75) is 6.92 Å². The summed E-state index contributed by atoms with van der Waals surface area (Å²) in [4.78, 5) is 23.1. The summed E-state index contributed by atoms with van der Waals surface area (Å²) in [5.74, 6) is -1.15. The van der Waals surface area contributed by atoms with Gasteiger partial charge in [0.1, 0.15) is 18.2 Å². The molecule has 1 aromatic rings. The van der Waals surface area contributed by atoms with Gasteiger partial charge in [0.25, 0.3) is 5.91 Å². The van der Waals surface area contributed by atoms with Crippen LogP contribution in [0.3, 0.4) is 0 Å². The normalized spacial score (nSPS) is 10.5. The Hall–Kier alpha value is -2.23. The molecule has 0 unspecified atom stereocenters. The van der Waals surface area contributed by atoms with Gasteiger partial charge in [-0.15, -0.1) is 0 Å². The van der Waals surface area contributed by atoms with E-state index < -0.39 is 11.9 Å². The first-order chi connectivity index (χ1) is 10.5. The third kappa shape index (κ3) is 5.64. The molecule has 1 aromatic carbocycles. The van der Waals surface area contributed by atoms with Crippen LogP contribution in [0.1, 0.15) is 6.92 Å². The van der Waals surface area contributed by atoms with Crippen LogP contribution < -0.4 is 10.6 Å². The second-order valence-corrected chi connectivity index (χ2v) is 4.78. The topological polar surface area (TPSA) is 91.2 Å². The smallest absolute Gasteiger partial charge is 0.325 e. The van der Waals surface area contributed by atoms with Crippen LogP contribution in [-0.2, 0) is 14.3 Å². The maximum Gasteiger partial charge on any atom is 0.325 e. The Kier molecular flexibility index (Phi) is 7.23. The highest BCUT2D eigenvalue weighted by Crippen LogP contribution is 2.25. The zero-order valence-corrected chi connectivity index (χ0v) is 13.2. The van der Waals surface area contributed by atoms with Crippen LogP contribution in [0.2, 0.25) is 10.0 Å². The van der Waals surface area contributed by atoms with E-state index in [0.29, 0.717) is 10.7 Å². The largest absolute Gasteiger partial charge is 0.465 e. The first-order valence-electron chi connectivity index (χ1n) is 6.23. The number of anilines is 1. The average molecular weight is 342 g/mol. The molecule has 0 radical (unpaired) electrons. The van der Waals surface area contributed by atoms with Gasteiger partial charge in [0, 0.05) is 11.2 Å². The van der Waals surface area contributed by atoms with Crippen LogP contribution in [0.25, 0.3) is 0 Å². The lowest BCUT2D eigenvalue weighted by Crippen LogP contribution is -2.22. The number of rotatable bonds is 6. The Balaban J connectivity index is 2.68. The summed E-state index contributed by atoms with van der Waals surface area (Å²) in [6.07, 6.45) is 1.13. The molecule has 0 spiro atoms. The molecule has 2 N–H and O–H groups in total. The maximum absolute atomic E-state index is 11.9. The Morgan fingerprint density at radius 1 is 1.41 bits per heavy atom. The molecule has 0 aromatic heterocycles. The van der Waals surface area contributed by atoms with Gasteiger partial charge in [-0.2, -0.15) is 5.26 Å². The van der Waals surface area contributed by atoms with E-state index in [1.807, 2.05) is 0 Å². The molecule has 0 heterocycles. The molecule has 0 saturated carbocycles. The fraction of sp³-hybridized carbons (Fsp3) is 0.214. The maximum atomic E-state index is 11.9. The highest BCUT2D eigenvalue weighted by molar-refractivity contribution is 6.36. The number of carbonyl (C=O) groups is 2. The minimum atomic E-state index is -0.664. The van der Waals surface area contributed by atoms with Crippen LogP contribution in [0.15, 0.2) is 30.0 Å². The number of hydrogen-bond donors (Lipinski definition) is 2. The zero-order chi connectivity index (χ0) is 16.5. The van der Waals surface area contributed by atoms with Crippen molar-refractivity contribution in [2.75, 3.05) is 18.5 Å². The van der Waals surface area contributed by atoms with Crippen molar-refractivity contribution < 1.29 is 14.3 Å². The first-order valence-corrected chi connectivity index (χ1v) is 6.99. The van der Waals surface area contributed by atoms with E-state index in [0.717, 1.165) is 6.20 Å². The Morgan fingerprint density at radius 2 is 2.14 bits per heavy atom. The summed E-state index contributed by atoms with van der Waals surface area (Å²) in [7, 11) is 0. The van der Waals surface area contributed by atoms with E-state index in [1.165, 1.54) is 12.1 Å². The van der Waals surface area contributed by atoms with Gasteiger partial charge in [0.15, 0.2) is 0 Å². The van der Waals surface area contributed by atoms with Crippen molar-refractivity contribution in [2.24, 2.45) is 0 Å².